The van der Waals surface area contributed by atoms with E-state index in [4.69, 9.17) is 5.11 Å². The zero-order valence-electron chi connectivity index (χ0n) is 10.4. The molecule has 1 unspecified atom stereocenters. The lowest BCUT2D eigenvalue weighted by atomic mass is 9.86. The summed E-state index contributed by atoms with van der Waals surface area (Å²) in [6.07, 6.45) is 1.21. The number of hydrogen-bond acceptors (Lipinski definition) is 2. The van der Waals surface area contributed by atoms with Gasteiger partial charge >= 0.3 is 5.97 Å². The minimum atomic E-state index is -0.747. The van der Waals surface area contributed by atoms with E-state index in [-0.39, 0.29) is 11.8 Å². The van der Waals surface area contributed by atoms with Gasteiger partial charge in [0.25, 0.3) is 0 Å². The smallest absolute Gasteiger partial charge is 0.304 e. The van der Waals surface area contributed by atoms with Gasteiger partial charge in [-0.05, 0) is 23.0 Å². The van der Waals surface area contributed by atoms with E-state index in [0.717, 1.165) is 6.42 Å². The Labute approximate surface area is 102 Å². The molecule has 0 aromatic heterocycles. The molecule has 1 aromatic carbocycles. The first-order valence-corrected chi connectivity index (χ1v) is 6.05. The number of carbonyl (C=O) groups is 1. The third-order valence-corrected chi connectivity index (χ3v) is 3.51. The number of benzene rings is 1. The molecule has 0 aliphatic heterocycles. The molecule has 0 amide bonds. The molecule has 92 valence electrons. The maximum Gasteiger partial charge on any atom is 0.304 e. The van der Waals surface area contributed by atoms with Gasteiger partial charge in [-0.2, -0.15) is 0 Å². The second-order valence-electron chi connectivity index (χ2n) is 5.33. The maximum absolute atomic E-state index is 10.5. The Morgan fingerprint density at radius 2 is 2.18 bits per heavy atom. The second kappa shape index (κ2) is 4.49. The molecule has 3 nitrogen and oxygen atoms in total. The summed E-state index contributed by atoms with van der Waals surface area (Å²) in [6.45, 7) is 5.01. The zero-order valence-corrected chi connectivity index (χ0v) is 10.4. The van der Waals surface area contributed by atoms with Crippen LogP contribution in [0.1, 0.15) is 43.9 Å². The minimum Gasteiger partial charge on any atom is -0.481 e. The summed E-state index contributed by atoms with van der Waals surface area (Å²) in [7, 11) is 0. The van der Waals surface area contributed by atoms with Gasteiger partial charge in [-0.1, -0.05) is 38.1 Å². The SMILES string of the molecule is CC1(C)CC(NCCC(=O)O)c2ccccc21. The first kappa shape index (κ1) is 12.1. The van der Waals surface area contributed by atoms with Crippen molar-refractivity contribution in [2.75, 3.05) is 6.54 Å². The third-order valence-electron chi connectivity index (χ3n) is 3.51. The van der Waals surface area contributed by atoms with Crippen molar-refractivity contribution in [2.45, 2.75) is 38.1 Å². The highest BCUT2D eigenvalue weighted by Crippen LogP contribution is 2.44. The number of carboxylic acid groups (broad SMARTS) is 1. The highest BCUT2D eigenvalue weighted by Gasteiger charge is 2.35. The first-order valence-electron chi connectivity index (χ1n) is 6.05. The van der Waals surface area contributed by atoms with Crippen LogP contribution >= 0.6 is 0 Å². The molecular formula is C14H19NO2. The van der Waals surface area contributed by atoms with Crippen molar-refractivity contribution in [1.82, 2.24) is 5.32 Å². The van der Waals surface area contributed by atoms with Crippen molar-refractivity contribution in [3.8, 4) is 0 Å². The van der Waals surface area contributed by atoms with Crippen LogP contribution in [0.15, 0.2) is 24.3 Å². The number of nitrogens with one attached hydrogen (secondary N) is 1. The summed E-state index contributed by atoms with van der Waals surface area (Å²) < 4.78 is 0. The van der Waals surface area contributed by atoms with Crippen LogP contribution in [0, 0.1) is 0 Å². The molecule has 3 heteroatoms. The molecule has 2 rings (SSSR count). The number of hydrogen-bond donors (Lipinski definition) is 2. The fourth-order valence-electron chi connectivity index (χ4n) is 2.68. The lowest BCUT2D eigenvalue weighted by Crippen LogP contribution is -2.24. The van der Waals surface area contributed by atoms with E-state index in [1.54, 1.807) is 0 Å². The summed E-state index contributed by atoms with van der Waals surface area (Å²) in [4.78, 5) is 10.5. The van der Waals surface area contributed by atoms with Crippen molar-refractivity contribution < 1.29 is 9.90 Å². The topological polar surface area (TPSA) is 49.3 Å². The number of fused-ring (bicyclic) bond motifs is 1. The number of rotatable bonds is 4. The molecule has 0 heterocycles. The van der Waals surface area contributed by atoms with Gasteiger partial charge in [0, 0.05) is 12.6 Å². The maximum atomic E-state index is 10.5. The van der Waals surface area contributed by atoms with Crippen LogP contribution in [-0.4, -0.2) is 17.6 Å². The largest absolute Gasteiger partial charge is 0.481 e. The molecule has 17 heavy (non-hydrogen) atoms. The van der Waals surface area contributed by atoms with Gasteiger partial charge in [-0.3, -0.25) is 4.79 Å². The average Bonchev–Trinajstić information content (AvgIpc) is 2.51. The van der Waals surface area contributed by atoms with Gasteiger partial charge in [0.2, 0.25) is 0 Å². The highest BCUT2D eigenvalue weighted by molar-refractivity contribution is 5.66. The second-order valence-corrected chi connectivity index (χ2v) is 5.33. The monoisotopic (exact) mass is 233 g/mol. The third kappa shape index (κ3) is 2.50. The molecular weight excluding hydrogens is 214 g/mol. The van der Waals surface area contributed by atoms with E-state index < -0.39 is 5.97 Å². The van der Waals surface area contributed by atoms with Crippen molar-refractivity contribution in [1.29, 1.82) is 0 Å². The van der Waals surface area contributed by atoms with Crippen LogP contribution in [0.3, 0.4) is 0 Å². The van der Waals surface area contributed by atoms with Crippen LogP contribution in [0.5, 0.6) is 0 Å². The fourth-order valence-corrected chi connectivity index (χ4v) is 2.68. The Morgan fingerprint density at radius 1 is 1.47 bits per heavy atom. The van der Waals surface area contributed by atoms with E-state index in [0.29, 0.717) is 12.6 Å². The molecule has 0 radical (unpaired) electrons. The molecule has 2 N–H and O–H groups in total. The van der Waals surface area contributed by atoms with Crippen molar-refractivity contribution in [3.05, 3.63) is 35.4 Å². The number of carboxylic acids is 1. The Bertz CT molecular complexity index is 426. The van der Waals surface area contributed by atoms with E-state index in [2.05, 4.69) is 37.4 Å². The molecule has 0 saturated heterocycles. The lowest BCUT2D eigenvalue weighted by molar-refractivity contribution is -0.136. The lowest BCUT2D eigenvalue weighted by Gasteiger charge is -2.19. The summed E-state index contributed by atoms with van der Waals surface area (Å²) in [5, 5.41) is 12.0. The fraction of sp³-hybridized carbons (Fsp3) is 0.500. The molecule has 0 fully saturated rings. The summed E-state index contributed by atoms with van der Waals surface area (Å²) in [5.74, 6) is -0.747. The number of aliphatic carboxylic acids is 1. The van der Waals surface area contributed by atoms with Crippen LogP contribution in [0.4, 0.5) is 0 Å². The van der Waals surface area contributed by atoms with Gasteiger partial charge in [0.15, 0.2) is 0 Å². The van der Waals surface area contributed by atoms with Gasteiger partial charge in [0.05, 0.1) is 6.42 Å². The van der Waals surface area contributed by atoms with Crippen LogP contribution in [-0.2, 0) is 10.2 Å². The van der Waals surface area contributed by atoms with E-state index >= 15 is 0 Å². The molecule has 1 aliphatic rings. The molecule has 1 atom stereocenters. The average molecular weight is 233 g/mol. The normalized spacial score (nSPS) is 21.2. The van der Waals surface area contributed by atoms with Crippen molar-refractivity contribution in [2.24, 2.45) is 0 Å². The standard InChI is InChI=1S/C14H19NO2/c1-14(2)9-12(15-8-7-13(16)17)10-5-3-4-6-11(10)14/h3-6,12,15H,7-9H2,1-2H3,(H,16,17). The van der Waals surface area contributed by atoms with Gasteiger partial charge in [-0.15, -0.1) is 0 Å². The molecule has 0 saturated carbocycles. The quantitative estimate of drug-likeness (QED) is 0.840. The van der Waals surface area contributed by atoms with Crippen molar-refractivity contribution >= 4 is 5.97 Å². The molecule has 0 spiro atoms. The van der Waals surface area contributed by atoms with E-state index in [9.17, 15) is 4.79 Å². The van der Waals surface area contributed by atoms with Crippen LogP contribution in [0.2, 0.25) is 0 Å². The summed E-state index contributed by atoms with van der Waals surface area (Å²) in [5.41, 5.74) is 2.88. The Balaban J connectivity index is 2.09. The van der Waals surface area contributed by atoms with Crippen LogP contribution < -0.4 is 5.32 Å². The Hall–Kier alpha value is -1.35. The summed E-state index contributed by atoms with van der Waals surface area (Å²) >= 11 is 0. The van der Waals surface area contributed by atoms with Gasteiger partial charge in [0.1, 0.15) is 0 Å². The van der Waals surface area contributed by atoms with Gasteiger partial charge < -0.3 is 10.4 Å². The summed E-state index contributed by atoms with van der Waals surface area (Å²) in [6, 6.07) is 8.73. The first-order chi connectivity index (χ1) is 8.00. The Morgan fingerprint density at radius 3 is 2.88 bits per heavy atom. The molecule has 1 aromatic rings. The molecule has 0 bridgehead atoms. The van der Waals surface area contributed by atoms with Crippen molar-refractivity contribution in [3.63, 3.8) is 0 Å². The van der Waals surface area contributed by atoms with Gasteiger partial charge in [-0.25, -0.2) is 0 Å². The van der Waals surface area contributed by atoms with E-state index in [1.807, 2.05) is 6.07 Å². The minimum absolute atomic E-state index is 0.178. The highest BCUT2D eigenvalue weighted by atomic mass is 16.4. The zero-order chi connectivity index (χ0) is 12.5. The van der Waals surface area contributed by atoms with E-state index in [1.165, 1.54) is 11.1 Å². The van der Waals surface area contributed by atoms with Crippen LogP contribution in [0.25, 0.3) is 0 Å². The predicted molar refractivity (Wildman–Crippen MR) is 67.1 cm³/mol. The predicted octanol–water partition coefficient (Wildman–Crippen LogP) is 2.47. The Kier molecular flexibility index (Phi) is 3.20. The molecule has 1 aliphatic carbocycles.